The van der Waals surface area contributed by atoms with E-state index >= 15 is 0 Å². The Balaban J connectivity index is 2.06. The van der Waals surface area contributed by atoms with Crippen LogP contribution in [-0.2, 0) is 25.8 Å². The molecule has 1 fully saturated rings. The van der Waals surface area contributed by atoms with Crippen molar-refractivity contribution in [3.63, 3.8) is 0 Å². The topological polar surface area (TPSA) is 97.5 Å². The zero-order valence-corrected chi connectivity index (χ0v) is 14.2. The van der Waals surface area contributed by atoms with Crippen molar-refractivity contribution in [2.75, 3.05) is 19.3 Å². The summed E-state index contributed by atoms with van der Waals surface area (Å²) in [5, 5.41) is 0. The largest absolute Gasteiger partial charge is 0.369 e. The zero-order chi connectivity index (χ0) is 17.3. The lowest BCUT2D eigenvalue weighted by atomic mass is 9.81. The first-order valence-corrected chi connectivity index (χ1v) is 9.38. The van der Waals surface area contributed by atoms with Crippen LogP contribution in [0.15, 0.2) is 29.2 Å². The molecule has 0 radical (unpaired) electrons. The highest BCUT2D eigenvalue weighted by Gasteiger charge is 2.37. The molecule has 1 atom stereocenters. The number of likely N-dealkylation sites (tertiary alicyclic amines) is 1. The molecule has 0 aromatic heterocycles. The molecular formula is C16H22N2O4S. The fourth-order valence-corrected chi connectivity index (χ4v) is 3.42. The van der Waals surface area contributed by atoms with Crippen LogP contribution >= 0.6 is 0 Å². The van der Waals surface area contributed by atoms with Crippen LogP contribution in [0.5, 0.6) is 0 Å². The van der Waals surface area contributed by atoms with E-state index in [1.807, 2.05) is 0 Å². The number of sulfone groups is 1. The Morgan fingerprint density at radius 3 is 2.39 bits per heavy atom. The van der Waals surface area contributed by atoms with E-state index in [9.17, 15) is 18.0 Å². The van der Waals surface area contributed by atoms with Crippen molar-refractivity contribution in [3.8, 4) is 0 Å². The molecule has 23 heavy (non-hydrogen) atoms. The summed E-state index contributed by atoms with van der Waals surface area (Å²) < 4.78 is 22.9. The molecule has 6 nitrogen and oxygen atoms in total. The summed E-state index contributed by atoms with van der Waals surface area (Å²) in [6.45, 7) is 2.74. The average molecular weight is 338 g/mol. The van der Waals surface area contributed by atoms with Crippen molar-refractivity contribution < 1.29 is 18.0 Å². The highest BCUT2D eigenvalue weighted by Crippen LogP contribution is 2.29. The molecule has 1 saturated heterocycles. The minimum atomic E-state index is -3.24. The van der Waals surface area contributed by atoms with Crippen LogP contribution in [0.4, 0.5) is 0 Å². The lowest BCUT2D eigenvalue weighted by molar-refractivity contribution is -0.138. The molecule has 0 saturated carbocycles. The van der Waals surface area contributed by atoms with Gasteiger partial charge in [0.1, 0.15) is 0 Å². The van der Waals surface area contributed by atoms with Gasteiger partial charge in [0.25, 0.3) is 0 Å². The fraction of sp³-hybridized carbons (Fsp3) is 0.500. The SMILES string of the molecule is C[C@]1(C(N)=O)CCCN(C(=O)Cc2ccc(S(C)(=O)=O)cc2)C1. The number of benzene rings is 1. The van der Waals surface area contributed by atoms with Gasteiger partial charge in [0, 0.05) is 19.3 Å². The van der Waals surface area contributed by atoms with Crippen LogP contribution in [0.25, 0.3) is 0 Å². The number of rotatable bonds is 4. The average Bonchev–Trinajstić information content (AvgIpc) is 2.46. The molecule has 0 spiro atoms. The quantitative estimate of drug-likeness (QED) is 0.876. The van der Waals surface area contributed by atoms with Gasteiger partial charge < -0.3 is 10.6 Å². The number of carbonyl (C=O) groups is 2. The Morgan fingerprint density at radius 2 is 1.87 bits per heavy atom. The van der Waals surface area contributed by atoms with Crippen LogP contribution < -0.4 is 5.73 Å². The van der Waals surface area contributed by atoms with E-state index in [-0.39, 0.29) is 23.1 Å². The maximum Gasteiger partial charge on any atom is 0.227 e. The molecule has 0 aliphatic carbocycles. The first kappa shape index (κ1) is 17.5. The lowest BCUT2D eigenvalue weighted by Crippen LogP contribution is -2.50. The normalized spacial score (nSPS) is 21.9. The van der Waals surface area contributed by atoms with Gasteiger partial charge in [0.05, 0.1) is 16.7 Å². The maximum atomic E-state index is 12.4. The molecule has 7 heteroatoms. The maximum absolute atomic E-state index is 12.4. The summed E-state index contributed by atoms with van der Waals surface area (Å²) in [7, 11) is -3.24. The summed E-state index contributed by atoms with van der Waals surface area (Å²) in [6, 6.07) is 6.29. The van der Waals surface area contributed by atoms with Crippen molar-refractivity contribution in [1.29, 1.82) is 0 Å². The zero-order valence-electron chi connectivity index (χ0n) is 13.4. The highest BCUT2D eigenvalue weighted by molar-refractivity contribution is 7.90. The number of nitrogens with zero attached hydrogens (tertiary/aromatic N) is 1. The number of carbonyl (C=O) groups excluding carboxylic acids is 2. The molecule has 1 heterocycles. The van der Waals surface area contributed by atoms with E-state index in [1.165, 1.54) is 12.1 Å². The molecule has 1 aromatic rings. The number of nitrogens with two attached hydrogens (primary N) is 1. The van der Waals surface area contributed by atoms with Crippen LogP contribution in [0.2, 0.25) is 0 Å². The Morgan fingerprint density at radius 1 is 1.26 bits per heavy atom. The molecular weight excluding hydrogens is 316 g/mol. The highest BCUT2D eigenvalue weighted by atomic mass is 32.2. The summed E-state index contributed by atoms with van der Waals surface area (Å²) in [6.07, 6.45) is 2.76. The summed E-state index contributed by atoms with van der Waals surface area (Å²) >= 11 is 0. The number of hydrogen-bond acceptors (Lipinski definition) is 4. The van der Waals surface area contributed by atoms with Gasteiger partial charge in [0.15, 0.2) is 9.84 Å². The number of piperidine rings is 1. The fourth-order valence-electron chi connectivity index (χ4n) is 2.79. The van der Waals surface area contributed by atoms with Gasteiger partial charge in [-0.1, -0.05) is 12.1 Å². The van der Waals surface area contributed by atoms with Crippen LogP contribution in [-0.4, -0.2) is 44.5 Å². The van der Waals surface area contributed by atoms with E-state index < -0.39 is 15.3 Å². The van der Waals surface area contributed by atoms with Gasteiger partial charge in [-0.3, -0.25) is 9.59 Å². The third kappa shape index (κ3) is 4.10. The number of primary amides is 1. The first-order chi connectivity index (χ1) is 10.6. The van der Waals surface area contributed by atoms with Gasteiger partial charge >= 0.3 is 0 Å². The second-order valence-corrected chi connectivity index (χ2v) is 8.45. The molecule has 1 aliphatic heterocycles. The van der Waals surface area contributed by atoms with E-state index in [2.05, 4.69) is 0 Å². The third-order valence-corrected chi connectivity index (χ3v) is 5.48. The monoisotopic (exact) mass is 338 g/mol. The van der Waals surface area contributed by atoms with Crippen molar-refractivity contribution >= 4 is 21.7 Å². The van der Waals surface area contributed by atoms with Gasteiger partial charge in [-0.25, -0.2) is 8.42 Å². The second kappa shape index (κ2) is 6.31. The molecule has 1 aromatic carbocycles. The van der Waals surface area contributed by atoms with Crippen molar-refractivity contribution in [1.82, 2.24) is 4.90 Å². The van der Waals surface area contributed by atoms with Crippen molar-refractivity contribution in [3.05, 3.63) is 29.8 Å². The van der Waals surface area contributed by atoms with Crippen molar-refractivity contribution in [2.45, 2.75) is 31.1 Å². The van der Waals surface area contributed by atoms with Gasteiger partial charge in [-0.15, -0.1) is 0 Å². The Hall–Kier alpha value is -1.89. The molecule has 2 N–H and O–H groups in total. The summed E-state index contributed by atoms with van der Waals surface area (Å²) in [5.74, 6) is -0.461. The Kier molecular flexibility index (Phi) is 4.79. The summed E-state index contributed by atoms with van der Waals surface area (Å²) in [4.78, 5) is 25.9. The number of hydrogen-bond donors (Lipinski definition) is 1. The minimum Gasteiger partial charge on any atom is -0.369 e. The smallest absolute Gasteiger partial charge is 0.227 e. The van der Waals surface area contributed by atoms with Crippen molar-refractivity contribution in [2.24, 2.45) is 11.1 Å². The predicted octanol–water partition coefficient (Wildman–Crippen LogP) is 0.747. The molecule has 0 unspecified atom stereocenters. The first-order valence-electron chi connectivity index (χ1n) is 7.48. The van der Waals surface area contributed by atoms with Gasteiger partial charge in [-0.2, -0.15) is 0 Å². The van der Waals surface area contributed by atoms with E-state index in [0.29, 0.717) is 19.5 Å². The van der Waals surface area contributed by atoms with E-state index in [4.69, 9.17) is 5.73 Å². The minimum absolute atomic E-state index is 0.0794. The lowest BCUT2D eigenvalue weighted by Gasteiger charge is -2.38. The van der Waals surface area contributed by atoms with Crippen LogP contribution in [0, 0.1) is 5.41 Å². The Bertz CT molecular complexity index is 712. The van der Waals surface area contributed by atoms with E-state index in [1.54, 1.807) is 24.0 Å². The summed E-state index contributed by atoms with van der Waals surface area (Å²) in [5.41, 5.74) is 5.51. The Labute approximate surface area is 136 Å². The standard InChI is InChI=1S/C16H22N2O4S/c1-16(15(17)20)8-3-9-18(11-16)14(19)10-12-4-6-13(7-5-12)23(2,21)22/h4-7H,3,8-11H2,1-2H3,(H2,17,20)/t16-/m0/s1. The third-order valence-electron chi connectivity index (χ3n) is 4.35. The van der Waals surface area contributed by atoms with Crippen LogP contribution in [0.1, 0.15) is 25.3 Å². The predicted molar refractivity (Wildman–Crippen MR) is 86.4 cm³/mol. The van der Waals surface area contributed by atoms with E-state index in [0.717, 1.165) is 18.2 Å². The molecule has 126 valence electrons. The molecule has 0 bridgehead atoms. The molecule has 2 rings (SSSR count). The van der Waals surface area contributed by atoms with Gasteiger partial charge in [0.2, 0.25) is 11.8 Å². The molecule has 1 aliphatic rings. The second-order valence-electron chi connectivity index (χ2n) is 6.44. The van der Waals surface area contributed by atoms with Gasteiger partial charge in [-0.05, 0) is 37.5 Å². The number of amides is 2. The van der Waals surface area contributed by atoms with Crippen LogP contribution in [0.3, 0.4) is 0 Å². The molecule has 2 amide bonds.